The fourth-order valence-corrected chi connectivity index (χ4v) is 4.68. The first-order valence-corrected chi connectivity index (χ1v) is 11.6. The van der Waals surface area contributed by atoms with E-state index in [-0.39, 0.29) is 11.6 Å². The maximum Gasteiger partial charge on any atom is 0.236 e. The summed E-state index contributed by atoms with van der Waals surface area (Å²) in [5.74, 6) is 1.64. The maximum atomic E-state index is 6.57. The van der Waals surface area contributed by atoms with E-state index in [1.165, 1.54) is 12.0 Å². The van der Waals surface area contributed by atoms with Gasteiger partial charge in [-0.3, -0.25) is 4.40 Å². The lowest BCUT2D eigenvalue weighted by molar-refractivity contribution is 0.190. The highest BCUT2D eigenvalue weighted by Gasteiger charge is 2.34. The van der Waals surface area contributed by atoms with Crippen molar-refractivity contribution in [3.05, 3.63) is 72.1 Å². The fraction of sp³-hybridized carbons (Fsp3) is 0.333. The Morgan fingerprint density at radius 1 is 1.06 bits per heavy atom. The number of imidazole rings is 1. The third-order valence-electron chi connectivity index (χ3n) is 6.58. The van der Waals surface area contributed by atoms with Crippen molar-refractivity contribution in [3.63, 3.8) is 0 Å². The number of aromatic nitrogens is 3. The van der Waals surface area contributed by atoms with Crippen LogP contribution >= 0.6 is 0 Å². The van der Waals surface area contributed by atoms with E-state index in [1.54, 1.807) is 7.11 Å². The van der Waals surface area contributed by atoms with Gasteiger partial charge in [0.15, 0.2) is 0 Å². The van der Waals surface area contributed by atoms with Crippen molar-refractivity contribution < 1.29 is 4.74 Å². The highest BCUT2D eigenvalue weighted by Crippen LogP contribution is 2.41. The van der Waals surface area contributed by atoms with Gasteiger partial charge in [0.1, 0.15) is 5.82 Å². The first-order chi connectivity index (χ1) is 16.0. The molecule has 33 heavy (non-hydrogen) atoms. The molecule has 170 valence electrons. The third kappa shape index (κ3) is 4.01. The Hall–Kier alpha value is -3.22. The summed E-state index contributed by atoms with van der Waals surface area (Å²) >= 11 is 0. The predicted molar refractivity (Wildman–Crippen MR) is 133 cm³/mol. The van der Waals surface area contributed by atoms with Crippen LogP contribution in [0.1, 0.15) is 37.4 Å². The molecule has 2 aromatic heterocycles. The minimum atomic E-state index is -0.180. The number of anilines is 1. The molecular weight excluding hydrogens is 410 g/mol. The lowest BCUT2D eigenvalue weighted by atomic mass is 9.72. The SMILES string of the molecule is COC[C@H](C)Nc1c(-c2ccccc2)c(-c2ccc(C3(N)CCC3)cc2)nc2nc(C)cn12. The molecule has 1 aliphatic carbocycles. The third-order valence-corrected chi connectivity index (χ3v) is 6.58. The molecule has 1 saturated carbocycles. The van der Waals surface area contributed by atoms with Crippen molar-refractivity contribution in [2.45, 2.75) is 44.7 Å². The standard InChI is InChI=1S/C27H31N5O/c1-18-16-32-25(29-19(2)17-33-3)23(20-8-5-4-6-9-20)24(31-26(32)30-18)21-10-12-22(13-11-21)27(28)14-7-15-27/h4-6,8-13,16,19,29H,7,14-15,17,28H2,1-3H3/t19-/m0/s1. The molecule has 4 aromatic rings. The number of nitrogens with two attached hydrogens (primary N) is 1. The minimum absolute atomic E-state index is 0.108. The van der Waals surface area contributed by atoms with Gasteiger partial charge in [-0.25, -0.2) is 9.97 Å². The zero-order chi connectivity index (χ0) is 23.0. The Bertz CT molecular complexity index is 1260. The average molecular weight is 442 g/mol. The monoisotopic (exact) mass is 441 g/mol. The summed E-state index contributed by atoms with van der Waals surface area (Å²) in [5.41, 5.74) is 12.6. The first kappa shape index (κ1) is 21.6. The lowest BCUT2D eigenvalue weighted by Gasteiger charge is -2.38. The van der Waals surface area contributed by atoms with Crippen LogP contribution in [0.3, 0.4) is 0 Å². The van der Waals surface area contributed by atoms with Crippen molar-refractivity contribution in [3.8, 4) is 22.4 Å². The van der Waals surface area contributed by atoms with Crippen molar-refractivity contribution in [2.75, 3.05) is 19.0 Å². The van der Waals surface area contributed by atoms with Crippen LogP contribution in [0, 0.1) is 6.92 Å². The molecule has 0 saturated heterocycles. The summed E-state index contributed by atoms with van der Waals surface area (Å²) in [4.78, 5) is 9.72. The van der Waals surface area contributed by atoms with E-state index in [1.807, 2.05) is 23.6 Å². The number of rotatable bonds is 7. The van der Waals surface area contributed by atoms with Gasteiger partial charge < -0.3 is 15.8 Å². The number of benzene rings is 2. The summed E-state index contributed by atoms with van der Waals surface area (Å²) < 4.78 is 7.45. The molecule has 0 amide bonds. The molecule has 2 heterocycles. The molecule has 0 spiro atoms. The van der Waals surface area contributed by atoms with Gasteiger partial charge >= 0.3 is 0 Å². The second-order valence-electron chi connectivity index (χ2n) is 9.19. The van der Waals surface area contributed by atoms with Gasteiger partial charge in [0.25, 0.3) is 0 Å². The smallest absolute Gasteiger partial charge is 0.236 e. The molecule has 1 atom stereocenters. The zero-order valence-electron chi connectivity index (χ0n) is 19.5. The van der Waals surface area contributed by atoms with E-state index in [0.29, 0.717) is 12.4 Å². The molecule has 6 nitrogen and oxygen atoms in total. The number of ether oxygens (including phenoxy) is 1. The number of aryl methyl sites for hydroxylation is 1. The Kier molecular flexibility index (Phi) is 5.64. The number of nitrogens with one attached hydrogen (secondary N) is 1. The summed E-state index contributed by atoms with van der Waals surface area (Å²) in [6, 6.07) is 19.1. The predicted octanol–water partition coefficient (Wildman–Crippen LogP) is 5.16. The largest absolute Gasteiger partial charge is 0.383 e. The van der Waals surface area contributed by atoms with Crippen LogP contribution in [-0.4, -0.2) is 34.1 Å². The van der Waals surface area contributed by atoms with Gasteiger partial charge in [-0.05, 0) is 44.2 Å². The van der Waals surface area contributed by atoms with Crippen molar-refractivity contribution in [1.82, 2.24) is 14.4 Å². The molecule has 3 N–H and O–H groups in total. The topological polar surface area (TPSA) is 77.5 Å². The van der Waals surface area contributed by atoms with E-state index in [4.69, 9.17) is 15.5 Å². The molecule has 0 unspecified atom stereocenters. The number of fused-ring (bicyclic) bond motifs is 1. The molecule has 0 aliphatic heterocycles. The Labute approximate surface area is 194 Å². The Morgan fingerprint density at radius 2 is 1.79 bits per heavy atom. The minimum Gasteiger partial charge on any atom is -0.383 e. The molecule has 2 aromatic carbocycles. The van der Waals surface area contributed by atoms with E-state index in [2.05, 4.69) is 65.8 Å². The van der Waals surface area contributed by atoms with Crippen LogP contribution in [0.15, 0.2) is 60.8 Å². The van der Waals surface area contributed by atoms with E-state index in [9.17, 15) is 0 Å². The van der Waals surface area contributed by atoms with Gasteiger partial charge in [-0.2, -0.15) is 0 Å². The van der Waals surface area contributed by atoms with Gasteiger partial charge in [-0.1, -0.05) is 54.6 Å². The molecule has 1 aliphatic rings. The number of hydrogen-bond acceptors (Lipinski definition) is 5. The highest BCUT2D eigenvalue weighted by atomic mass is 16.5. The quantitative estimate of drug-likeness (QED) is 0.414. The maximum absolute atomic E-state index is 6.57. The van der Waals surface area contributed by atoms with Gasteiger partial charge in [0.2, 0.25) is 5.78 Å². The lowest BCUT2D eigenvalue weighted by Crippen LogP contribution is -2.43. The van der Waals surface area contributed by atoms with Crippen molar-refractivity contribution in [1.29, 1.82) is 0 Å². The van der Waals surface area contributed by atoms with Crippen molar-refractivity contribution >= 4 is 11.6 Å². The molecule has 6 heteroatoms. The summed E-state index contributed by atoms with van der Waals surface area (Å²) in [7, 11) is 1.72. The normalized spacial score (nSPS) is 15.9. The summed E-state index contributed by atoms with van der Waals surface area (Å²) in [6.45, 7) is 4.70. The number of methoxy groups -OCH3 is 1. The van der Waals surface area contributed by atoms with Crippen LogP contribution < -0.4 is 11.1 Å². The first-order valence-electron chi connectivity index (χ1n) is 11.6. The number of hydrogen-bond donors (Lipinski definition) is 2. The second kappa shape index (κ2) is 8.61. The molecule has 0 bridgehead atoms. The average Bonchev–Trinajstić information content (AvgIpc) is 3.18. The molecule has 5 rings (SSSR count). The van der Waals surface area contributed by atoms with Crippen LogP contribution in [0.25, 0.3) is 28.2 Å². The number of nitrogens with zero attached hydrogens (tertiary/aromatic N) is 3. The van der Waals surface area contributed by atoms with Crippen LogP contribution in [0.4, 0.5) is 5.82 Å². The van der Waals surface area contributed by atoms with E-state index < -0.39 is 0 Å². The van der Waals surface area contributed by atoms with Gasteiger partial charge in [0, 0.05) is 36.0 Å². The summed E-state index contributed by atoms with van der Waals surface area (Å²) in [6.07, 6.45) is 5.32. The van der Waals surface area contributed by atoms with E-state index in [0.717, 1.165) is 46.7 Å². The molecule has 1 fully saturated rings. The Balaban J connectivity index is 1.72. The molecular formula is C27H31N5O. The Morgan fingerprint density at radius 3 is 2.42 bits per heavy atom. The fourth-order valence-electron chi connectivity index (χ4n) is 4.68. The highest BCUT2D eigenvalue weighted by molar-refractivity contribution is 5.90. The second-order valence-corrected chi connectivity index (χ2v) is 9.19. The van der Waals surface area contributed by atoms with E-state index >= 15 is 0 Å². The van der Waals surface area contributed by atoms with Gasteiger partial charge in [-0.15, -0.1) is 0 Å². The van der Waals surface area contributed by atoms with Gasteiger partial charge in [0.05, 0.1) is 18.0 Å². The van der Waals surface area contributed by atoms with Crippen LogP contribution in [0.2, 0.25) is 0 Å². The summed E-state index contributed by atoms with van der Waals surface area (Å²) in [5, 5.41) is 3.67. The van der Waals surface area contributed by atoms with Crippen LogP contribution in [0.5, 0.6) is 0 Å². The van der Waals surface area contributed by atoms with Crippen molar-refractivity contribution in [2.24, 2.45) is 5.73 Å². The van der Waals surface area contributed by atoms with Crippen LogP contribution in [-0.2, 0) is 10.3 Å². The molecule has 0 radical (unpaired) electrons. The zero-order valence-corrected chi connectivity index (χ0v) is 19.5.